The molecule has 1 saturated carbocycles. The highest BCUT2D eigenvalue weighted by molar-refractivity contribution is 5.85. The monoisotopic (exact) mass is 305 g/mol. The molecule has 0 bridgehead atoms. The average Bonchev–Trinajstić information content (AvgIpc) is 2.42. The molecule has 5 nitrogen and oxygen atoms in total. The van der Waals surface area contributed by atoms with Crippen LogP contribution in [0.4, 0.5) is 0 Å². The summed E-state index contributed by atoms with van der Waals surface area (Å²) in [7, 11) is 0. The van der Waals surface area contributed by atoms with E-state index in [9.17, 15) is 9.59 Å². The van der Waals surface area contributed by atoms with Crippen molar-refractivity contribution >= 4 is 24.2 Å². The highest BCUT2D eigenvalue weighted by atomic mass is 35.5. The van der Waals surface area contributed by atoms with Crippen molar-refractivity contribution < 1.29 is 9.59 Å². The molecular weight excluding hydrogens is 278 g/mol. The molecule has 1 aliphatic carbocycles. The summed E-state index contributed by atoms with van der Waals surface area (Å²) in [5.74, 6) is -0.185. The zero-order chi connectivity index (χ0) is 14.5. The number of carbonyl (C=O) groups is 2. The molecule has 6 heteroatoms. The fourth-order valence-electron chi connectivity index (χ4n) is 2.81. The highest BCUT2D eigenvalue weighted by Gasteiger charge is 2.35. The van der Waals surface area contributed by atoms with Gasteiger partial charge in [-0.15, -0.1) is 12.4 Å². The predicted molar refractivity (Wildman–Crippen MR) is 82.4 cm³/mol. The molecule has 0 radical (unpaired) electrons. The number of rotatable bonds is 6. The zero-order valence-electron chi connectivity index (χ0n) is 12.5. The first-order valence-electron chi connectivity index (χ1n) is 7.29. The van der Waals surface area contributed by atoms with Gasteiger partial charge in [0.05, 0.1) is 5.41 Å². The number of carbonyl (C=O) groups excluding carboxylic acids is 2. The van der Waals surface area contributed by atoms with E-state index in [0.717, 1.165) is 38.5 Å². The van der Waals surface area contributed by atoms with Crippen molar-refractivity contribution in [3.05, 3.63) is 0 Å². The molecule has 118 valence electrons. The van der Waals surface area contributed by atoms with Gasteiger partial charge in [0.15, 0.2) is 0 Å². The Bertz CT molecular complexity index is 316. The summed E-state index contributed by atoms with van der Waals surface area (Å²) in [4.78, 5) is 23.5. The van der Waals surface area contributed by atoms with E-state index in [1.54, 1.807) is 0 Å². The smallest absolute Gasteiger partial charge is 0.227 e. The van der Waals surface area contributed by atoms with E-state index in [1.807, 2.05) is 13.8 Å². The van der Waals surface area contributed by atoms with Crippen LogP contribution in [0.2, 0.25) is 0 Å². The summed E-state index contributed by atoms with van der Waals surface area (Å²) in [6, 6.07) is 0.159. The van der Waals surface area contributed by atoms with Gasteiger partial charge in [-0.05, 0) is 38.5 Å². The van der Waals surface area contributed by atoms with Crippen molar-refractivity contribution in [3.63, 3.8) is 0 Å². The minimum atomic E-state index is -0.444. The standard InChI is InChI=1S/C14H27N3O2.ClH/c1-3-14(4-2,9-15)13(19)17-11-7-5-10(6-8-11)12(16)18;/h10-11H,3-9,15H2,1-2H3,(H2,16,18)(H,17,19);1H. The second-order valence-electron chi connectivity index (χ2n) is 5.62. The average molecular weight is 306 g/mol. The number of hydrogen-bond acceptors (Lipinski definition) is 3. The van der Waals surface area contributed by atoms with Crippen LogP contribution in [0.25, 0.3) is 0 Å². The lowest BCUT2D eigenvalue weighted by Gasteiger charge is -2.33. The van der Waals surface area contributed by atoms with E-state index >= 15 is 0 Å². The van der Waals surface area contributed by atoms with Gasteiger partial charge in [0.25, 0.3) is 0 Å². The molecule has 0 aromatic carbocycles. The van der Waals surface area contributed by atoms with Gasteiger partial charge in [-0.25, -0.2) is 0 Å². The zero-order valence-corrected chi connectivity index (χ0v) is 13.3. The third-order valence-electron chi connectivity index (χ3n) is 4.69. The summed E-state index contributed by atoms with van der Waals surface area (Å²) < 4.78 is 0. The van der Waals surface area contributed by atoms with Crippen LogP contribution in [-0.2, 0) is 9.59 Å². The predicted octanol–water partition coefficient (Wildman–Crippen LogP) is 1.33. The molecule has 0 heterocycles. The van der Waals surface area contributed by atoms with Gasteiger partial charge in [-0.1, -0.05) is 13.8 Å². The molecule has 0 spiro atoms. The number of halogens is 1. The lowest BCUT2D eigenvalue weighted by molar-refractivity contribution is -0.132. The van der Waals surface area contributed by atoms with Crippen LogP contribution in [-0.4, -0.2) is 24.4 Å². The van der Waals surface area contributed by atoms with Gasteiger partial charge < -0.3 is 16.8 Å². The number of hydrogen-bond donors (Lipinski definition) is 3. The minimum absolute atomic E-state index is 0. The Morgan fingerprint density at radius 1 is 1.15 bits per heavy atom. The first-order valence-corrected chi connectivity index (χ1v) is 7.29. The van der Waals surface area contributed by atoms with Crippen molar-refractivity contribution in [1.29, 1.82) is 0 Å². The van der Waals surface area contributed by atoms with E-state index in [2.05, 4.69) is 5.32 Å². The van der Waals surface area contributed by atoms with Crippen LogP contribution >= 0.6 is 12.4 Å². The largest absolute Gasteiger partial charge is 0.369 e. The highest BCUT2D eigenvalue weighted by Crippen LogP contribution is 2.28. The van der Waals surface area contributed by atoms with Gasteiger partial charge >= 0.3 is 0 Å². The number of nitrogens with two attached hydrogens (primary N) is 2. The Hall–Kier alpha value is -0.810. The van der Waals surface area contributed by atoms with E-state index in [-0.39, 0.29) is 36.2 Å². The molecule has 0 atom stereocenters. The first kappa shape index (κ1) is 19.2. The summed E-state index contributed by atoms with van der Waals surface area (Å²) in [6.07, 6.45) is 4.70. The Kier molecular flexibility index (Phi) is 8.13. The first-order chi connectivity index (χ1) is 8.99. The van der Waals surface area contributed by atoms with Crippen molar-refractivity contribution in [2.45, 2.75) is 58.4 Å². The van der Waals surface area contributed by atoms with Gasteiger partial charge in [-0.3, -0.25) is 9.59 Å². The molecule has 1 aliphatic rings. The third-order valence-corrected chi connectivity index (χ3v) is 4.69. The maximum Gasteiger partial charge on any atom is 0.227 e. The second kappa shape index (κ2) is 8.47. The van der Waals surface area contributed by atoms with E-state index in [0.29, 0.717) is 6.54 Å². The van der Waals surface area contributed by atoms with Crippen LogP contribution in [0.1, 0.15) is 52.4 Å². The van der Waals surface area contributed by atoms with Crippen LogP contribution in [0.5, 0.6) is 0 Å². The summed E-state index contributed by atoms with van der Waals surface area (Å²) in [5.41, 5.74) is 10.6. The third kappa shape index (κ3) is 4.35. The van der Waals surface area contributed by atoms with Gasteiger partial charge in [-0.2, -0.15) is 0 Å². The van der Waals surface area contributed by atoms with Crippen LogP contribution < -0.4 is 16.8 Å². The number of primary amides is 1. The molecule has 0 unspecified atom stereocenters. The topological polar surface area (TPSA) is 98.2 Å². The fraction of sp³-hybridized carbons (Fsp3) is 0.857. The van der Waals surface area contributed by atoms with Crippen molar-refractivity contribution in [3.8, 4) is 0 Å². The summed E-state index contributed by atoms with van der Waals surface area (Å²) >= 11 is 0. The minimum Gasteiger partial charge on any atom is -0.369 e. The molecule has 5 N–H and O–H groups in total. The van der Waals surface area contributed by atoms with Crippen LogP contribution in [0, 0.1) is 11.3 Å². The quantitative estimate of drug-likeness (QED) is 0.690. The lowest BCUT2D eigenvalue weighted by Crippen LogP contribution is -2.49. The number of amides is 2. The van der Waals surface area contributed by atoms with E-state index < -0.39 is 5.41 Å². The Balaban J connectivity index is 0.00000361. The molecule has 2 amide bonds. The molecule has 0 saturated heterocycles. The lowest BCUT2D eigenvalue weighted by atomic mass is 9.80. The van der Waals surface area contributed by atoms with E-state index in [1.165, 1.54) is 0 Å². The molecule has 1 fully saturated rings. The fourth-order valence-corrected chi connectivity index (χ4v) is 2.81. The van der Waals surface area contributed by atoms with Gasteiger partial charge in [0.1, 0.15) is 0 Å². The van der Waals surface area contributed by atoms with Crippen LogP contribution in [0.15, 0.2) is 0 Å². The van der Waals surface area contributed by atoms with Gasteiger partial charge in [0.2, 0.25) is 11.8 Å². The molecule has 0 aromatic heterocycles. The maximum atomic E-state index is 12.4. The summed E-state index contributed by atoms with van der Waals surface area (Å²) in [5, 5.41) is 3.10. The van der Waals surface area contributed by atoms with Gasteiger partial charge in [0, 0.05) is 18.5 Å². The molecule has 0 aromatic rings. The molecular formula is C14H28ClN3O2. The normalized spacial score (nSPS) is 22.8. The Labute approximate surface area is 127 Å². The molecule has 0 aliphatic heterocycles. The summed E-state index contributed by atoms with van der Waals surface area (Å²) in [6.45, 7) is 4.38. The second-order valence-corrected chi connectivity index (χ2v) is 5.62. The Morgan fingerprint density at radius 3 is 2.00 bits per heavy atom. The molecule has 20 heavy (non-hydrogen) atoms. The van der Waals surface area contributed by atoms with Crippen molar-refractivity contribution in [2.75, 3.05) is 6.54 Å². The maximum absolute atomic E-state index is 12.4. The SMILES string of the molecule is CCC(CC)(CN)C(=O)NC1CCC(C(N)=O)CC1.Cl. The molecule has 1 rings (SSSR count). The van der Waals surface area contributed by atoms with Crippen molar-refractivity contribution in [1.82, 2.24) is 5.32 Å². The number of nitrogens with one attached hydrogen (secondary N) is 1. The Morgan fingerprint density at radius 2 is 1.65 bits per heavy atom. The van der Waals surface area contributed by atoms with Crippen molar-refractivity contribution in [2.24, 2.45) is 22.8 Å². The van der Waals surface area contributed by atoms with Crippen LogP contribution in [0.3, 0.4) is 0 Å². The van der Waals surface area contributed by atoms with E-state index in [4.69, 9.17) is 11.5 Å².